The number of hydrogen-bond acceptors (Lipinski definition) is 6. The molecule has 0 spiro atoms. The van der Waals surface area contributed by atoms with Crippen LogP contribution in [0.1, 0.15) is 58.8 Å². The van der Waals surface area contributed by atoms with Gasteiger partial charge < -0.3 is 20.8 Å². The molecule has 5 aliphatic carbocycles. The van der Waals surface area contributed by atoms with E-state index in [2.05, 4.69) is 28.6 Å². The summed E-state index contributed by atoms with van der Waals surface area (Å²) in [6.07, 6.45) is 14.0. The lowest BCUT2D eigenvalue weighted by molar-refractivity contribution is -0.181. The second kappa shape index (κ2) is 7.87. The first-order valence-corrected chi connectivity index (χ1v) is 13.3. The van der Waals surface area contributed by atoms with E-state index in [9.17, 15) is 19.8 Å². The summed E-state index contributed by atoms with van der Waals surface area (Å²) in [6.45, 7) is 4.49. The second-order valence-electron chi connectivity index (χ2n) is 12.2. The maximum absolute atomic E-state index is 13.5. The largest absolute Gasteiger partial charge is 0.393 e. The molecule has 1 aliphatic heterocycles. The number of nitrogens with one attached hydrogen (secondary N) is 2. The number of amides is 1. The summed E-state index contributed by atoms with van der Waals surface area (Å²) in [7, 11) is 0. The maximum Gasteiger partial charge on any atom is 0.252 e. The first kappa shape index (κ1) is 23.2. The molecule has 7 heteroatoms. The normalized spacial score (nSPS) is 47.6. The SMILES string of the molecule is CC12CCC(=O)C=C1CCC1C2[C@@H](O)CC2(C)C1CC[C@]2(O)C(=O)NCC1=NC2C=CC=CC2N1. The maximum atomic E-state index is 13.5. The Hall–Kier alpha value is -2.25. The van der Waals surface area contributed by atoms with Crippen LogP contribution in [0.5, 0.6) is 0 Å². The smallest absolute Gasteiger partial charge is 0.252 e. The average molecular weight is 480 g/mol. The van der Waals surface area contributed by atoms with Crippen molar-refractivity contribution < 1.29 is 19.8 Å². The fraction of sp³-hybridized carbons (Fsp3) is 0.679. The van der Waals surface area contributed by atoms with Crippen molar-refractivity contribution in [1.29, 1.82) is 0 Å². The molecule has 0 saturated heterocycles. The van der Waals surface area contributed by atoms with Gasteiger partial charge in [-0.3, -0.25) is 14.6 Å². The van der Waals surface area contributed by atoms with E-state index in [4.69, 9.17) is 0 Å². The molecular weight excluding hydrogens is 442 g/mol. The van der Waals surface area contributed by atoms with Crippen LogP contribution in [0.3, 0.4) is 0 Å². The molecule has 3 fully saturated rings. The fourth-order valence-electron chi connectivity index (χ4n) is 8.73. The predicted octanol–water partition coefficient (Wildman–Crippen LogP) is 2.20. The quantitative estimate of drug-likeness (QED) is 0.496. The third-order valence-electron chi connectivity index (χ3n) is 10.6. The van der Waals surface area contributed by atoms with Gasteiger partial charge >= 0.3 is 0 Å². The third-order valence-corrected chi connectivity index (χ3v) is 10.6. The number of hydrogen-bond donors (Lipinski definition) is 4. The number of aliphatic imine (C=N–C) groups is 1. The minimum absolute atomic E-state index is 0.0514. The molecule has 0 aromatic heterocycles. The van der Waals surface area contributed by atoms with Crippen LogP contribution in [0.2, 0.25) is 0 Å². The predicted molar refractivity (Wildman–Crippen MR) is 132 cm³/mol. The van der Waals surface area contributed by atoms with Gasteiger partial charge in [0.15, 0.2) is 5.78 Å². The Morgan fingerprint density at radius 3 is 2.80 bits per heavy atom. The van der Waals surface area contributed by atoms with Crippen molar-refractivity contribution in [2.75, 3.05) is 6.54 Å². The van der Waals surface area contributed by atoms with E-state index in [-0.39, 0.29) is 53.5 Å². The Morgan fingerprint density at radius 2 is 2.00 bits per heavy atom. The summed E-state index contributed by atoms with van der Waals surface area (Å²) in [5.74, 6) is 1.05. The molecule has 0 bridgehead atoms. The highest BCUT2D eigenvalue weighted by Gasteiger charge is 2.68. The number of rotatable bonds is 3. The van der Waals surface area contributed by atoms with Gasteiger partial charge in [-0.1, -0.05) is 43.7 Å². The highest BCUT2D eigenvalue weighted by Crippen LogP contribution is 2.67. The Balaban J connectivity index is 1.21. The minimum Gasteiger partial charge on any atom is -0.393 e. The Bertz CT molecular complexity index is 1080. The van der Waals surface area contributed by atoms with Gasteiger partial charge in [-0.25, -0.2) is 0 Å². The molecule has 3 saturated carbocycles. The van der Waals surface area contributed by atoms with Gasteiger partial charge in [0.05, 0.1) is 24.7 Å². The van der Waals surface area contributed by atoms with Gasteiger partial charge in [-0.2, -0.15) is 0 Å². The molecule has 188 valence electrons. The number of fused-ring (bicyclic) bond motifs is 6. The van der Waals surface area contributed by atoms with E-state index in [0.717, 1.165) is 31.5 Å². The van der Waals surface area contributed by atoms with Gasteiger partial charge in [-0.15, -0.1) is 0 Å². The summed E-state index contributed by atoms with van der Waals surface area (Å²) in [6, 6.07) is 0.172. The molecule has 1 amide bonds. The summed E-state index contributed by atoms with van der Waals surface area (Å²) < 4.78 is 0. The van der Waals surface area contributed by atoms with Gasteiger partial charge in [-0.05, 0) is 67.8 Å². The number of aliphatic hydroxyl groups excluding tert-OH is 1. The lowest BCUT2D eigenvalue weighted by Gasteiger charge is -2.60. The second-order valence-corrected chi connectivity index (χ2v) is 12.2. The summed E-state index contributed by atoms with van der Waals surface area (Å²) in [5.41, 5.74) is -1.19. The topological polar surface area (TPSA) is 111 Å². The zero-order valence-corrected chi connectivity index (χ0v) is 20.7. The van der Waals surface area contributed by atoms with Crippen LogP contribution < -0.4 is 10.6 Å². The lowest BCUT2D eigenvalue weighted by Crippen LogP contribution is -2.63. The monoisotopic (exact) mass is 479 g/mol. The molecule has 7 unspecified atom stereocenters. The number of nitrogens with zero attached hydrogens (tertiary/aromatic N) is 1. The first-order chi connectivity index (χ1) is 16.7. The molecule has 0 aromatic carbocycles. The Kier molecular flexibility index (Phi) is 5.21. The molecular formula is C28H37N3O4. The van der Waals surface area contributed by atoms with Crippen molar-refractivity contribution in [3.8, 4) is 0 Å². The molecule has 0 aromatic rings. The van der Waals surface area contributed by atoms with Crippen LogP contribution in [-0.2, 0) is 9.59 Å². The van der Waals surface area contributed by atoms with E-state index >= 15 is 0 Å². The van der Waals surface area contributed by atoms with Gasteiger partial charge in [0.1, 0.15) is 11.4 Å². The average Bonchev–Trinajstić information content (AvgIpc) is 3.36. The van der Waals surface area contributed by atoms with Crippen molar-refractivity contribution in [2.45, 2.75) is 82.6 Å². The van der Waals surface area contributed by atoms with Crippen LogP contribution >= 0.6 is 0 Å². The van der Waals surface area contributed by atoms with Crippen LogP contribution in [0.4, 0.5) is 0 Å². The van der Waals surface area contributed by atoms with Crippen LogP contribution in [0.25, 0.3) is 0 Å². The fourth-order valence-corrected chi connectivity index (χ4v) is 8.73. The van der Waals surface area contributed by atoms with Gasteiger partial charge in [0, 0.05) is 11.8 Å². The zero-order valence-electron chi connectivity index (χ0n) is 20.7. The lowest BCUT2D eigenvalue weighted by atomic mass is 9.45. The van der Waals surface area contributed by atoms with Crippen LogP contribution in [0.15, 0.2) is 40.9 Å². The number of allylic oxidation sites excluding steroid dienone is 3. The van der Waals surface area contributed by atoms with Crippen molar-refractivity contribution >= 4 is 17.5 Å². The highest BCUT2D eigenvalue weighted by atomic mass is 16.3. The van der Waals surface area contributed by atoms with Crippen molar-refractivity contribution in [1.82, 2.24) is 10.6 Å². The number of ketones is 1. The first-order valence-electron chi connectivity index (χ1n) is 13.3. The van der Waals surface area contributed by atoms with E-state index in [1.54, 1.807) is 0 Å². The molecule has 7 nitrogen and oxygen atoms in total. The zero-order chi connectivity index (χ0) is 24.6. The summed E-state index contributed by atoms with van der Waals surface area (Å²) in [4.78, 5) is 30.2. The number of carbonyl (C=O) groups excluding carboxylic acids is 2. The Labute approximate surface area is 206 Å². The van der Waals surface area contributed by atoms with Gasteiger partial charge in [0.25, 0.3) is 5.91 Å². The van der Waals surface area contributed by atoms with Crippen LogP contribution in [-0.4, -0.2) is 58.1 Å². The number of amidine groups is 1. The minimum atomic E-state index is -1.52. The van der Waals surface area contributed by atoms with Crippen molar-refractivity contribution in [2.24, 2.45) is 33.6 Å². The molecule has 6 aliphatic rings. The standard InChI is InChI=1S/C28H37N3O4/c1-26-11-9-17(32)13-16(26)7-8-18-19-10-12-28(35,27(19,2)14-22(33)24(18)26)25(34)29-15-23-30-20-5-3-4-6-21(20)31-23/h3-6,13,18-22,24,33,35H,7-12,14-15H2,1-2H3,(H,29,34)(H,30,31)/t18?,19?,20?,21?,22-,24?,26?,27?,28-/m0/s1. The van der Waals surface area contributed by atoms with E-state index in [0.29, 0.717) is 19.3 Å². The van der Waals surface area contributed by atoms with Crippen molar-refractivity contribution in [3.05, 3.63) is 36.0 Å². The number of carbonyl (C=O) groups is 2. The van der Waals surface area contributed by atoms with Crippen LogP contribution in [0, 0.1) is 28.6 Å². The molecule has 0 radical (unpaired) electrons. The van der Waals surface area contributed by atoms with E-state index in [1.807, 2.05) is 31.2 Å². The number of aliphatic hydroxyl groups is 2. The highest BCUT2D eigenvalue weighted by molar-refractivity contribution is 5.93. The Morgan fingerprint density at radius 1 is 1.20 bits per heavy atom. The van der Waals surface area contributed by atoms with E-state index < -0.39 is 17.1 Å². The third kappa shape index (κ3) is 3.27. The van der Waals surface area contributed by atoms with E-state index in [1.165, 1.54) is 5.57 Å². The molecule has 35 heavy (non-hydrogen) atoms. The van der Waals surface area contributed by atoms with Gasteiger partial charge in [0.2, 0.25) is 0 Å². The molecule has 4 N–H and O–H groups in total. The molecule has 9 atom stereocenters. The molecule has 1 heterocycles. The van der Waals surface area contributed by atoms with Crippen molar-refractivity contribution in [3.63, 3.8) is 0 Å². The summed E-state index contributed by atoms with van der Waals surface area (Å²) in [5, 5.41) is 29.7. The molecule has 6 rings (SSSR count). The summed E-state index contributed by atoms with van der Waals surface area (Å²) >= 11 is 0.